The van der Waals surface area contributed by atoms with Gasteiger partial charge >= 0.3 is 0 Å². The molecule has 2 amide bonds. The Morgan fingerprint density at radius 3 is 2.66 bits per heavy atom. The predicted octanol–water partition coefficient (Wildman–Crippen LogP) is 2.35. The van der Waals surface area contributed by atoms with E-state index in [0.717, 1.165) is 25.4 Å². The molecule has 0 aliphatic carbocycles. The maximum atomic E-state index is 13.0. The van der Waals surface area contributed by atoms with Crippen LogP contribution in [0.3, 0.4) is 0 Å². The maximum absolute atomic E-state index is 13.0. The Kier molecular flexibility index (Phi) is 4.98. The number of benzene rings is 1. The van der Waals surface area contributed by atoms with E-state index in [-0.39, 0.29) is 17.9 Å². The zero-order valence-electron chi connectivity index (χ0n) is 17.2. The van der Waals surface area contributed by atoms with Gasteiger partial charge in [-0.2, -0.15) is 0 Å². The lowest BCUT2D eigenvalue weighted by Gasteiger charge is -2.55. The molecule has 1 aromatic rings. The highest BCUT2D eigenvalue weighted by atomic mass is 16.5. The minimum atomic E-state index is -0.296. The first-order valence-electron chi connectivity index (χ1n) is 11.1. The second kappa shape index (κ2) is 7.63. The number of fused-ring (bicyclic) bond motifs is 4. The molecule has 4 aliphatic rings. The lowest BCUT2D eigenvalue weighted by atomic mass is 9.73. The fraction of sp³-hybridized carbons (Fsp3) is 0.652. The topological polar surface area (TPSA) is 61.9 Å². The van der Waals surface area contributed by atoms with Crippen molar-refractivity contribution in [3.8, 4) is 5.75 Å². The molecule has 5 rings (SSSR count). The number of likely N-dealkylation sites (tertiary alicyclic amines) is 1. The summed E-state index contributed by atoms with van der Waals surface area (Å²) < 4.78 is 5.33. The standard InChI is InChI=1S/C23H31N3O3/c1-29-18-7-5-16(6-8-18)20-3-2-4-21-17-11-15(13-26(20)21)12-25(14-17)23(28)19-9-10-22(27)24-19/h5-8,15,17,19-21H,2-4,9-14H2,1H3,(H,24,27)/t15-,17+,19-,20+,21-/m0/s1. The smallest absolute Gasteiger partial charge is 0.245 e. The number of carbonyl (C=O) groups excluding carboxylic acids is 2. The fourth-order valence-corrected chi connectivity index (χ4v) is 6.19. The van der Waals surface area contributed by atoms with Crippen molar-refractivity contribution in [2.75, 3.05) is 26.7 Å². The van der Waals surface area contributed by atoms with E-state index in [4.69, 9.17) is 4.74 Å². The molecule has 4 heterocycles. The van der Waals surface area contributed by atoms with E-state index in [1.54, 1.807) is 7.11 Å². The number of rotatable bonds is 3. The Morgan fingerprint density at radius 2 is 1.93 bits per heavy atom. The molecule has 156 valence electrons. The van der Waals surface area contributed by atoms with Gasteiger partial charge in [0.25, 0.3) is 0 Å². The summed E-state index contributed by atoms with van der Waals surface area (Å²) in [6.45, 7) is 2.75. The molecular formula is C23H31N3O3. The second-order valence-electron chi connectivity index (χ2n) is 9.25. The van der Waals surface area contributed by atoms with Crippen LogP contribution >= 0.6 is 0 Å². The predicted molar refractivity (Wildman–Crippen MR) is 109 cm³/mol. The minimum absolute atomic E-state index is 0.0151. The first-order valence-corrected chi connectivity index (χ1v) is 11.1. The van der Waals surface area contributed by atoms with Crippen molar-refractivity contribution in [1.29, 1.82) is 0 Å². The second-order valence-corrected chi connectivity index (χ2v) is 9.25. The first-order chi connectivity index (χ1) is 14.1. The monoisotopic (exact) mass is 397 g/mol. The number of hydrogen-bond donors (Lipinski definition) is 1. The minimum Gasteiger partial charge on any atom is -0.497 e. The van der Waals surface area contributed by atoms with Crippen LogP contribution < -0.4 is 10.1 Å². The summed E-state index contributed by atoms with van der Waals surface area (Å²) in [4.78, 5) is 29.3. The summed E-state index contributed by atoms with van der Waals surface area (Å²) in [6, 6.07) is 9.31. The number of hydrogen-bond acceptors (Lipinski definition) is 4. The molecular weight excluding hydrogens is 366 g/mol. The number of methoxy groups -OCH3 is 1. The van der Waals surface area contributed by atoms with E-state index >= 15 is 0 Å². The molecule has 0 aromatic heterocycles. The molecule has 0 unspecified atom stereocenters. The van der Waals surface area contributed by atoms with Gasteiger partial charge in [-0.05, 0) is 61.6 Å². The molecule has 0 spiro atoms. The Morgan fingerprint density at radius 1 is 1.10 bits per heavy atom. The zero-order valence-corrected chi connectivity index (χ0v) is 17.2. The van der Waals surface area contributed by atoms with Gasteiger partial charge in [-0.15, -0.1) is 0 Å². The highest BCUT2D eigenvalue weighted by Crippen LogP contribution is 2.44. The summed E-state index contributed by atoms with van der Waals surface area (Å²) in [5.74, 6) is 2.14. The van der Waals surface area contributed by atoms with Crippen molar-refractivity contribution in [2.45, 2.75) is 56.7 Å². The van der Waals surface area contributed by atoms with Gasteiger partial charge in [0.2, 0.25) is 11.8 Å². The van der Waals surface area contributed by atoms with Crippen LogP contribution in [-0.2, 0) is 9.59 Å². The molecule has 4 saturated heterocycles. The van der Waals surface area contributed by atoms with Crippen LogP contribution in [0.5, 0.6) is 5.75 Å². The van der Waals surface area contributed by atoms with Crippen molar-refractivity contribution in [2.24, 2.45) is 11.8 Å². The van der Waals surface area contributed by atoms with Crippen molar-refractivity contribution >= 4 is 11.8 Å². The average Bonchev–Trinajstić information content (AvgIpc) is 3.19. The maximum Gasteiger partial charge on any atom is 0.245 e. The number of nitrogens with zero attached hydrogens (tertiary/aromatic N) is 2. The van der Waals surface area contributed by atoms with Gasteiger partial charge in [0.15, 0.2) is 0 Å². The SMILES string of the molecule is COc1ccc([C@H]2CCC[C@H]3[C@@H]4C[C@@H](CN(C(=O)[C@@H]5CCC(=O)N5)C4)CN23)cc1. The zero-order chi connectivity index (χ0) is 20.0. The summed E-state index contributed by atoms with van der Waals surface area (Å²) in [5, 5.41) is 2.86. The summed E-state index contributed by atoms with van der Waals surface area (Å²) in [6.07, 6.45) is 6.05. The van der Waals surface area contributed by atoms with E-state index in [9.17, 15) is 9.59 Å². The van der Waals surface area contributed by atoms with E-state index in [1.165, 1.54) is 31.2 Å². The molecule has 4 fully saturated rings. The number of amides is 2. The third-order valence-corrected chi connectivity index (χ3v) is 7.49. The first kappa shape index (κ1) is 18.9. The normalized spacial score (nSPS) is 34.4. The Balaban J connectivity index is 1.31. The molecule has 6 heteroatoms. The Labute approximate surface area is 172 Å². The number of piperidine rings is 3. The van der Waals surface area contributed by atoms with Gasteiger partial charge in [0, 0.05) is 38.1 Å². The van der Waals surface area contributed by atoms with Crippen LogP contribution in [0.15, 0.2) is 24.3 Å². The highest BCUT2D eigenvalue weighted by Gasteiger charge is 2.46. The van der Waals surface area contributed by atoms with Crippen molar-refractivity contribution < 1.29 is 14.3 Å². The van der Waals surface area contributed by atoms with E-state index in [0.29, 0.717) is 36.8 Å². The van der Waals surface area contributed by atoms with Crippen LogP contribution in [0.2, 0.25) is 0 Å². The Hall–Kier alpha value is -2.08. The molecule has 4 aliphatic heterocycles. The molecule has 0 saturated carbocycles. The average molecular weight is 398 g/mol. The largest absolute Gasteiger partial charge is 0.497 e. The van der Waals surface area contributed by atoms with Gasteiger partial charge in [0.05, 0.1) is 7.11 Å². The molecule has 1 aromatic carbocycles. The molecule has 0 radical (unpaired) electrons. The number of carbonyl (C=O) groups is 2. The van der Waals surface area contributed by atoms with Gasteiger partial charge < -0.3 is 15.0 Å². The third kappa shape index (κ3) is 3.52. The van der Waals surface area contributed by atoms with Crippen LogP contribution in [0.25, 0.3) is 0 Å². The molecule has 5 atom stereocenters. The van der Waals surface area contributed by atoms with Crippen LogP contribution in [0.1, 0.15) is 50.1 Å². The summed E-state index contributed by atoms with van der Waals surface area (Å²) in [5.41, 5.74) is 1.39. The van der Waals surface area contributed by atoms with Crippen molar-refractivity contribution in [3.63, 3.8) is 0 Å². The van der Waals surface area contributed by atoms with Gasteiger partial charge in [0.1, 0.15) is 11.8 Å². The summed E-state index contributed by atoms with van der Waals surface area (Å²) in [7, 11) is 1.71. The van der Waals surface area contributed by atoms with Gasteiger partial charge in [-0.25, -0.2) is 0 Å². The summed E-state index contributed by atoms with van der Waals surface area (Å²) >= 11 is 0. The van der Waals surface area contributed by atoms with Crippen molar-refractivity contribution in [1.82, 2.24) is 15.1 Å². The van der Waals surface area contributed by atoms with Gasteiger partial charge in [-0.1, -0.05) is 12.1 Å². The number of nitrogens with one attached hydrogen (secondary N) is 1. The number of ether oxygens (including phenoxy) is 1. The van der Waals surface area contributed by atoms with Crippen LogP contribution in [0, 0.1) is 11.8 Å². The lowest BCUT2D eigenvalue weighted by molar-refractivity contribution is -0.141. The fourth-order valence-electron chi connectivity index (χ4n) is 6.19. The van der Waals surface area contributed by atoms with E-state index < -0.39 is 0 Å². The quantitative estimate of drug-likeness (QED) is 0.851. The molecule has 6 nitrogen and oxygen atoms in total. The molecule has 1 N–H and O–H groups in total. The highest BCUT2D eigenvalue weighted by molar-refractivity contribution is 5.90. The molecule has 29 heavy (non-hydrogen) atoms. The Bertz CT molecular complexity index is 780. The van der Waals surface area contributed by atoms with Crippen molar-refractivity contribution in [3.05, 3.63) is 29.8 Å². The van der Waals surface area contributed by atoms with Crippen LogP contribution in [-0.4, -0.2) is 60.4 Å². The van der Waals surface area contributed by atoms with Gasteiger partial charge in [-0.3, -0.25) is 14.5 Å². The molecule has 2 bridgehead atoms. The van der Waals surface area contributed by atoms with Crippen LogP contribution in [0.4, 0.5) is 0 Å². The lowest BCUT2D eigenvalue weighted by Crippen LogP contribution is -2.61. The van der Waals surface area contributed by atoms with E-state index in [2.05, 4.69) is 39.4 Å². The van der Waals surface area contributed by atoms with E-state index in [1.807, 2.05) is 0 Å². The third-order valence-electron chi connectivity index (χ3n) is 7.49.